The Kier molecular flexibility index (Phi) is 59.8. The monoisotopic (exact) mass is 1040 g/mol. The van der Waals surface area contributed by atoms with Crippen LogP contribution in [0.25, 0.3) is 0 Å². The molecule has 430 valence electrons. The van der Waals surface area contributed by atoms with Gasteiger partial charge in [-0.3, -0.25) is 14.4 Å². The zero-order valence-corrected chi connectivity index (χ0v) is 49.3. The van der Waals surface area contributed by atoms with Gasteiger partial charge in [-0.05, 0) is 96.3 Å². The lowest BCUT2D eigenvalue weighted by Crippen LogP contribution is -2.30. The maximum absolute atomic E-state index is 12.9. The molecular weight excluding hydrogens is 925 g/mol. The van der Waals surface area contributed by atoms with Gasteiger partial charge in [-0.15, -0.1) is 0 Å². The molecule has 0 aliphatic heterocycles. The van der Waals surface area contributed by atoms with Gasteiger partial charge in [0.05, 0.1) is 0 Å². The summed E-state index contributed by atoms with van der Waals surface area (Å²) >= 11 is 0. The second-order valence-corrected chi connectivity index (χ2v) is 20.9. The minimum Gasteiger partial charge on any atom is -0.462 e. The molecule has 75 heavy (non-hydrogen) atoms. The lowest BCUT2D eigenvalue weighted by atomic mass is 10.0. The van der Waals surface area contributed by atoms with Crippen LogP contribution in [0.4, 0.5) is 0 Å². The van der Waals surface area contributed by atoms with Crippen LogP contribution in [-0.4, -0.2) is 37.2 Å². The maximum atomic E-state index is 12.9. The average molecular weight is 1040 g/mol. The lowest BCUT2D eigenvalue weighted by molar-refractivity contribution is -0.167. The molecule has 0 aliphatic rings. The van der Waals surface area contributed by atoms with Crippen molar-refractivity contribution in [3.8, 4) is 0 Å². The molecular formula is C69H118O6. The highest BCUT2D eigenvalue weighted by atomic mass is 16.6. The zero-order chi connectivity index (χ0) is 54.3. The smallest absolute Gasteiger partial charge is 0.306 e. The number of carbonyl (C=O) groups excluding carboxylic acids is 3. The number of rotatable bonds is 57. The van der Waals surface area contributed by atoms with E-state index in [1.54, 1.807) is 0 Å². The summed E-state index contributed by atoms with van der Waals surface area (Å²) in [6, 6.07) is 0. The molecule has 1 atom stereocenters. The Labute approximate surface area is 464 Å². The van der Waals surface area contributed by atoms with Crippen molar-refractivity contribution in [2.45, 2.75) is 309 Å². The summed E-state index contributed by atoms with van der Waals surface area (Å²) in [5.74, 6) is -0.886. The van der Waals surface area contributed by atoms with Crippen molar-refractivity contribution < 1.29 is 28.6 Å². The van der Waals surface area contributed by atoms with E-state index >= 15 is 0 Å². The molecule has 0 radical (unpaired) electrons. The predicted molar refractivity (Wildman–Crippen MR) is 325 cm³/mol. The molecule has 0 saturated heterocycles. The van der Waals surface area contributed by atoms with Crippen LogP contribution in [0.15, 0.2) is 97.2 Å². The molecule has 0 rings (SSSR count). The molecule has 0 amide bonds. The fourth-order valence-electron chi connectivity index (χ4n) is 8.90. The number of carbonyl (C=O) groups is 3. The largest absolute Gasteiger partial charge is 0.462 e. The number of unbranched alkanes of at least 4 members (excludes halogenated alkanes) is 30. The van der Waals surface area contributed by atoms with E-state index in [4.69, 9.17) is 14.2 Å². The summed E-state index contributed by atoms with van der Waals surface area (Å²) in [5, 5.41) is 0. The summed E-state index contributed by atoms with van der Waals surface area (Å²) in [5.41, 5.74) is 0. The van der Waals surface area contributed by atoms with Crippen molar-refractivity contribution >= 4 is 17.9 Å². The van der Waals surface area contributed by atoms with Gasteiger partial charge in [0.1, 0.15) is 13.2 Å². The number of hydrogen-bond donors (Lipinski definition) is 0. The topological polar surface area (TPSA) is 78.9 Å². The fourth-order valence-corrected chi connectivity index (χ4v) is 8.90. The minimum absolute atomic E-state index is 0.0804. The molecule has 0 aromatic carbocycles. The Morgan fingerprint density at radius 2 is 0.520 bits per heavy atom. The highest BCUT2D eigenvalue weighted by molar-refractivity contribution is 5.71. The number of ether oxygens (including phenoxy) is 3. The van der Waals surface area contributed by atoms with E-state index in [1.807, 2.05) is 0 Å². The van der Waals surface area contributed by atoms with Gasteiger partial charge in [0, 0.05) is 19.3 Å². The van der Waals surface area contributed by atoms with Gasteiger partial charge in [0.15, 0.2) is 6.10 Å². The van der Waals surface area contributed by atoms with E-state index in [1.165, 1.54) is 141 Å². The first-order valence-corrected chi connectivity index (χ1v) is 31.7. The molecule has 0 N–H and O–H groups in total. The van der Waals surface area contributed by atoms with Crippen LogP contribution in [0.3, 0.4) is 0 Å². The fraction of sp³-hybridized carbons (Fsp3) is 0.725. The summed E-state index contributed by atoms with van der Waals surface area (Å²) in [4.78, 5) is 38.2. The minimum atomic E-state index is -0.784. The summed E-state index contributed by atoms with van der Waals surface area (Å²) < 4.78 is 16.9. The normalized spacial score (nSPS) is 12.7. The van der Waals surface area contributed by atoms with E-state index in [-0.39, 0.29) is 31.1 Å². The molecule has 0 aromatic rings. The molecule has 0 saturated carbocycles. The molecule has 6 heteroatoms. The average Bonchev–Trinajstić information content (AvgIpc) is 3.41. The van der Waals surface area contributed by atoms with Gasteiger partial charge in [0.2, 0.25) is 0 Å². The Bertz CT molecular complexity index is 1480. The van der Waals surface area contributed by atoms with Gasteiger partial charge in [0.25, 0.3) is 0 Å². The van der Waals surface area contributed by atoms with Crippen LogP contribution in [-0.2, 0) is 28.6 Å². The standard InChI is InChI=1S/C69H118O6/c1-4-7-10-13-16-19-22-24-26-28-30-31-32-33-34-35-36-37-39-40-42-44-47-50-53-56-59-62-68(71)74-65-66(64-73-67(70)61-58-55-52-49-46-21-18-15-12-9-6-3)75-69(72)63-60-57-54-51-48-45-43-41-38-29-27-25-23-20-17-14-11-8-5-2/h7-8,10-11,16-17,19-20,24-27,30-31,38,41,66H,4-6,9,12-15,18,21-23,28-29,32-37,39-40,42-65H2,1-3H3/b10-7-,11-8-,19-16-,20-17-,26-24-,27-25-,31-30-,41-38-. The third-order valence-electron chi connectivity index (χ3n) is 13.6. The van der Waals surface area contributed by atoms with Gasteiger partial charge >= 0.3 is 17.9 Å². The van der Waals surface area contributed by atoms with Crippen molar-refractivity contribution in [1.29, 1.82) is 0 Å². The van der Waals surface area contributed by atoms with Gasteiger partial charge in [-0.1, -0.05) is 285 Å². The summed E-state index contributed by atoms with van der Waals surface area (Å²) in [7, 11) is 0. The zero-order valence-electron chi connectivity index (χ0n) is 49.3. The molecule has 1 unspecified atom stereocenters. The van der Waals surface area contributed by atoms with Crippen molar-refractivity contribution in [3.63, 3.8) is 0 Å². The van der Waals surface area contributed by atoms with Crippen molar-refractivity contribution in [1.82, 2.24) is 0 Å². The highest BCUT2D eigenvalue weighted by Crippen LogP contribution is 2.16. The van der Waals surface area contributed by atoms with Gasteiger partial charge < -0.3 is 14.2 Å². The first-order valence-electron chi connectivity index (χ1n) is 31.7. The maximum Gasteiger partial charge on any atom is 0.306 e. The Hall–Kier alpha value is -3.67. The Balaban J connectivity index is 4.26. The second-order valence-electron chi connectivity index (χ2n) is 20.9. The first-order chi connectivity index (χ1) is 37.0. The highest BCUT2D eigenvalue weighted by Gasteiger charge is 2.19. The molecule has 0 aliphatic carbocycles. The molecule has 0 spiro atoms. The van der Waals surface area contributed by atoms with E-state index < -0.39 is 6.10 Å². The number of esters is 3. The van der Waals surface area contributed by atoms with E-state index in [0.29, 0.717) is 19.3 Å². The van der Waals surface area contributed by atoms with Gasteiger partial charge in [-0.2, -0.15) is 0 Å². The number of allylic oxidation sites excluding steroid dienone is 16. The van der Waals surface area contributed by atoms with Crippen LogP contribution >= 0.6 is 0 Å². The molecule has 0 fully saturated rings. The molecule has 0 bridgehead atoms. The summed E-state index contributed by atoms with van der Waals surface area (Å²) in [6.07, 6.45) is 84.2. The van der Waals surface area contributed by atoms with Crippen molar-refractivity contribution in [2.24, 2.45) is 0 Å². The lowest BCUT2D eigenvalue weighted by Gasteiger charge is -2.18. The summed E-state index contributed by atoms with van der Waals surface area (Å²) in [6.45, 7) is 6.42. The van der Waals surface area contributed by atoms with E-state index in [2.05, 4.69) is 118 Å². The quantitative estimate of drug-likeness (QED) is 0.0261. The van der Waals surface area contributed by atoms with Crippen molar-refractivity contribution in [2.75, 3.05) is 13.2 Å². The Morgan fingerprint density at radius 1 is 0.280 bits per heavy atom. The van der Waals surface area contributed by atoms with E-state index in [0.717, 1.165) is 122 Å². The van der Waals surface area contributed by atoms with Gasteiger partial charge in [-0.25, -0.2) is 0 Å². The predicted octanol–water partition coefficient (Wildman–Crippen LogP) is 21.7. The Morgan fingerprint density at radius 3 is 0.813 bits per heavy atom. The van der Waals surface area contributed by atoms with E-state index in [9.17, 15) is 14.4 Å². The first kappa shape index (κ1) is 71.3. The van der Waals surface area contributed by atoms with Crippen LogP contribution in [0, 0.1) is 0 Å². The van der Waals surface area contributed by atoms with Crippen LogP contribution in [0.2, 0.25) is 0 Å². The van der Waals surface area contributed by atoms with Crippen LogP contribution in [0.5, 0.6) is 0 Å². The SMILES string of the molecule is CC/C=C\C/C=C\C/C=C\C/C=C\CCCCCCCCCCCCCCCCC(=O)OCC(COC(=O)CCCCCCCCCCCCC)OC(=O)CCCCCCCC/C=C\C/C=C\C/C=C\C/C=C\CC. The van der Waals surface area contributed by atoms with Crippen LogP contribution < -0.4 is 0 Å². The third-order valence-corrected chi connectivity index (χ3v) is 13.6. The van der Waals surface area contributed by atoms with Crippen LogP contribution in [0.1, 0.15) is 303 Å². The molecule has 0 heterocycles. The second kappa shape index (κ2) is 62.9. The number of hydrogen-bond acceptors (Lipinski definition) is 6. The molecule has 6 nitrogen and oxygen atoms in total. The van der Waals surface area contributed by atoms with Crippen molar-refractivity contribution in [3.05, 3.63) is 97.2 Å². The molecule has 0 aromatic heterocycles. The third kappa shape index (κ3) is 61.1.